The molecule has 16 heavy (non-hydrogen) atoms. The monoisotopic (exact) mass is 227 g/mol. The van der Waals surface area contributed by atoms with E-state index in [9.17, 15) is 4.79 Å². The first-order valence-corrected chi connectivity index (χ1v) is 5.13. The van der Waals surface area contributed by atoms with Gasteiger partial charge in [-0.1, -0.05) is 0 Å². The lowest BCUT2D eigenvalue weighted by molar-refractivity contribution is -0.121. The van der Waals surface area contributed by atoms with Gasteiger partial charge in [0.25, 0.3) is 0 Å². The third-order valence-electron chi connectivity index (χ3n) is 2.12. The van der Waals surface area contributed by atoms with Gasteiger partial charge in [0.1, 0.15) is 0 Å². The zero-order valence-electron chi connectivity index (χ0n) is 9.27. The van der Waals surface area contributed by atoms with Gasteiger partial charge in [0.2, 0.25) is 5.91 Å². The van der Waals surface area contributed by atoms with Crippen molar-refractivity contribution in [2.75, 3.05) is 20.3 Å². The lowest BCUT2D eigenvalue weighted by Crippen LogP contribution is -2.39. The van der Waals surface area contributed by atoms with E-state index in [1.807, 2.05) is 0 Å². The Morgan fingerprint density at radius 3 is 3.12 bits per heavy atom. The summed E-state index contributed by atoms with van der Waals surface area (Å²) in [7, 11) is 1.56. The van der Waals surface area contributed by atoms with Crippen molar-refractivity contribution in [3.05, 3.63) is 18.0 Å². The van der Waals surface area contributed by atoms with E-state index >= 15 is 0 Å². The molecule has 1 atom stereocenters. The van der Waals surface area contributed by atoms with Crippen molar-refractivity contribution in [2.24, 2.45) is 0 Å². The molecule has 0 aliphatic carbocycles. The summed E-state index contributed by atoms with van der Waals surface area (Å²) in [5.41, 5.74) is 0.762. The Kier molecular flexibility index (Phi) is 5.52. The third kappa shape index (κ3) is 4.41. The van der Waals surface area contributed by atoms with Gasteiger partial charge in [0.05, 0.1) is 19.1 Å². The molecular formula is C10H17N3O3. The lowest BCUT2D eigenvalue weighted by Gasteiger charge is -2.16. The van der Waals surface area contributed by atoms with Gasteiger partial charge < -0.3 is 15.2 Å². The molecule has 1 aromatic heterocycles. The molecule has 0 aromatic carbocycles. The van der Waals surface area contributed by atoms with E-state index in [-0.39, 0.29) is 25.0 Å². The van der Waals surface area contributed by atoms with E-state index in [0.717, 1.165) is 5.69 Å². The molecule has 6 heteroatoms. The fraction of sp³-hybridized carbons (Fsp3) is 0.600. The van der Waals surface area contributed by atoms with Crippen molar-refractivity contribution in [3.8, 4) is 0 Å². The summed E-state index contributed by atoms with van der Waals surface area (Å²) in [6.45, 7) is 0.424. The highest BCUT2D eigenvalue weighted by Crippen LogP contribution is 1.96. The molecule has 0 spiro atoms. The smallest absolute Gasteiger partial charge is 0.226 e. The fourth-order valence-electron chi connectivity index (χ4n) is 1.39. The summed E-state index contributed by atoms with van der Waals surface area (Å²) in [4.78, 5) is 11.6. The van der Waals surface area contributed by atoms with E-state index in [1.54, 1.807) is 19.4 Å². The highest BCUT2D eigenvalue weighted by Gasteiger charge is 2.12. The summed E-state index contributed by atoms with van der Waals surface area (Å²) in [6.07, 6.45) is 2.34. The Morgan fingerprint density at radius 1 is 1.75 bits per heavy atom. The number of hydrogen-bond acceptors (Lipinski definition) is 4. The van der Waals surface area contributed by atoms with Crippen LogP contribution in [-0.4, -0.2) is 47.6 Å². The highest BCUT2D eigenvalue weighted by molar-refractivity contribution is 5.78. The van der Waals surface area contributed by atoms with Gasteiger partial charge in [-0.2, -0.15) is 5.10 Å². The van der Waals surface area contributed by atoms with Gasteiger partial charge in [-0.05, 0) is 12.5 Å². The summed E-state index contributed by atoms with van der Waals surface area (Å²) in [5, 5.41) is 18.1. The molecule has 1 unspecified atom stereocenters. The number of carbonyl (C=O) groups is 1. The number of aromatic amines is 1. The second-order valence-corrected chi connectivity index (χ2v) is 3.49. The van der Waals surface area contributed by atoms with Gasteiger partial charge in [0, 0.05) is 25.6 Å². The van der Waals surface area contributed by atoms with Crippen LogP contribution in [0.15, 0.2) is 12.3 Å². The predicted octanol–water partition coefficient (Wildman–Crippen LogP) is -0.534. The van der Waals surface area contributed by atoms with Crippen LogP contribution in [0.5, 0.6) is 0 Å². The first-order chi connectivity index (χ1) is 7.76. The normalized spacial score (nSPS) is 12.4. The summed E-state index contributed by atoms with van der Waals surface area (Å²) in [5.74, 6) is -0.111. The number of nitrogens with zero attached hydrogens (tertiary/aromatic N) is 1. The number of methoxy groups -OCH3 is 1. The summed E-state index contributed by atoms with van der Waals surface area (Å²) in [6, 6.07) is 1.60. The molecule has 1 aromatic rings. The molecule has 0 radical (unpaired) electrons. The third-order valence-corrected chi connectivity index (χ3v) is 2.12. The highest BCUT2D eigenvalue weighted by atomic mass is 16.5. The number of ether oxygens (including phenoxy) is 1. The number of hydrogen-bond donors (Lipinski definition) is 3. The Hall–Kier alpha value is -1.40. The van der Waals surface area contributed by atoms with Crippen molar-refractivity contribution in [1.29, 1.82) is 0 Å². The number of carbonyl (C=O) groups excluding carboxylic acids is 1. The molecule has 6 nitrogen and oxygen atoms in total. The number of aliphatic hydroxyl groups is 1. The van der Waals surface area contributed by atoms with E-state index in [4.69, 9.17) is 9.84 Å². The van der Waals surface area contributed by atoms with Crippen LogP contribution in [0, 0.1) is 0 Å². The lowest BCUT2D eigenvalue weighted by atomic mass is 10.2. The minimum absolute atomic E-state index is 0.0262. The van der Waals surface area contributed by atoms with Crippen LogP contribution in [0.1, 0.15) is 12.1 Å². The van der Waals surface area contributed by atoms with Gasteiger partial charge in [-0.15, -0.1) is 0 Å². The largest absolute Gasteiger partial charge is 0.396 e. The number of aliphatic hydroxyl groups excluding tert-OH is 1. The molecule has 0 fully saturated rings. The molecule has 1 heterocycles. The van der Waals surface area contributed by atoms with Crippen LogP contribution in [0.4, 0.5) is 0 Å². The molecule has 0 bridgehead atoms. The van der Waals surface area contributed by atoms with E-state index in [1.165, 1.54) is 0 Å². The minimum atomic E-state index is -0.148. The Morgan fingerprint density at radius 2 is 2.56 bits per heavy atom. The molecule has 1 amide bonds. The molecular weight excluding hydrogens is 210 g/mol. The quantitative estimate of drug-likeness (QED) is 0.584. The van der Waals surface area contributed by atoms with Crippen molar-refractivity contribution >= 4 is 5.91 Å². The molecule has 3 N–H and O–H groups in total. The molecule has 0 saturated heterocycles. The first kappa shape index (κ1) is 12.7. The maximum Gasteiger partial charge on any atom is 0.226 e. The van der Waals surface area contributed by atoms with Crippen molar-refractivity contribution < 1.29 is 14.6 Å². The van der Waals surface area contributed by atoms with Gasteiger partial charge in [-0.25, -0.2) is 0 Å². The van der Waals surface area contributed by atoms with Crippen molar-refractivity contribution in [1.82, 2.24) is 15.5 Å². The van der Waals surface area contributed by atoms with Gasteiger partial charge in [0.15, 0.2) is 0 Å². The van der Waals surface area contributed by atoms with E-state index in [0.29, 0.717) is 13.0 Å². The van der Waals surface area contributed by atoms with Gasteiger partial charge >= 0.3 is 0 Å². The number of rotatable bonds is 7. The number of H-pyrrole nitrogens is 1. The molecule has 0 saturated carbocycles. The maximum absolute atomic E-state index is 11.6. The molecule has 0 aliphatic heterocycles. The average Bonchev–Trinajstić information content (AvgIpc) is 2.71. The zero-order chi connectivity index (χ0) is 11.8. The van der Waals surface area contributed by atoms with Crippen LogP contribution < -0.4 is 5.32 Å². The van der Waals surface area contributed by atoms with Crippen LogP contribution in [0.3, 0.4) is 0 Å². The molecule has 1 rings (SSSR count). The number of nitrogens with one attached hydrogen (secondary N) is 2. The van der Waals surface area contributed by atoms with Crippen LogP contribution >= 0.6 is 0 Å². The van der Waals surface area contributed by atoms with Crippen LogP contribution in [0.2, 0.25) is 0 Å². The predicted molar refractivity (Wildman–Crippen MR) is 57.8 cm³/mol. The fourth-order valence-corrected chi connectivity index (χ4v) is 1.39. The standard InChI is InChI=1S/C10H17N3O3/c1-16-7-9(3-5-14)12-10(15)6-8-2-4-11-13-8/h2,4,9,14H,3,5-7H2,1H3,(H,11,13)(H,12,15). The number of aromatic nitrogens is 2. The second kappa shape index (κ2) is 6.97. The van der Waals surface area contributed by atoms with E-state index < -0.39 is 0 Å². The zero-order valence-corrected chi connectivity index (χ0v) is 9.27. The topological polar surface area (TPSA) is 87.2 Å². The minimum Gasteiger partial charge on any atom is -0.396 e. The Balaban J connectivity index is 2.35. The second-order valence-electron chi connectivity index (χ2n) is 3.49. The maximum atomic E-state index is 11.6. The first-order valence-electron chi connectivity index (χ1n) is 5.13. The summed E-state index contributed by atoms with van der Waals surface area (Å²) >= 11 is 0. The van der Waals surface area contributed by atoms with Gasteiger partial charge in [-0.3, -0.25) is 9.89 Å². The molecule has 90 valence electrons. The Bertz CT molecular complexity index is 294. The van der Waals surface area contributed by atoms with Crippen molar-refractivity contribution in [2.45, 2.75) is 18.9 Å². The summed E-state index contributed by atoms with van der Waals surface area (Å²) < 4.78 is 4.95. The van der Waals surface area contributed by atoms with Crippen LogP contribution in [0.25, 0.3) is 0 Å². The van der Waals surface area contributed by atoms with Crippen LogP contribution in [-0.2, 0) is 16.0 Å². The average molecular weight is 227 g/mol. The Labute approximate surface area is 94.0 Å². The SMILES string of the molecule is COCC(CCO)NC(=O)Cc1ccn[nH]1. The molecule has 0 aliphatic rings. The number of amides is 1. The van der Waals surface area contributed by atoms with E-state index in [2.05, 4.69) is 15.5 Å². The van der Waals surface area contributed by atoms with Crippen molar-refractivity contribution in [3.63, 3.8) is 0 Å².